The molecule has 0 heterocycles. The van der Waals surface area contributed by atoms with Gasteiger partial charge in [-0.05, 0) is 0 Å². The molecule has 0 spiro atoms. The van der Waals surface area contributed by atoms with Gasteiger partial charge in [0.05, 0.1) is 0 Å². The van der Waals surface area contributed by atoms with Crippen LogP contribution in [0.25, 0.3) is 0 Å². The van der Waals surface area contributed by atoms with Crippen LogP contribution in [0.15, 0.2) is 0 Å². The molecule has 0 fully saturated rings. The van der Waals surface area contributed by atoms with E-state index in [1.807, 2.05) is 0 Å². The fourth-order valence-corrected chi connectivity index (χ4v) is 1.06. The quantitative estimate of drug-likeness (QED) is 0.492. The maximum Gasteiger partial charge on any atom is 0.0192 e. The van der Waals surface area contributed by atoms with E-state index in [4.69, 9.17) is 0 Å². The summed E-state index contributed by atoms with van der Waals surface area (Å²) >= 11 is 0. The molecule has 0 saturated carbocycles. The smallest absolute Gasteiger partial charge is 0.0192 e. The summed E-state index contributed by atoms with van der Waals surface area (Å²) in [5.41, 5.74) is 0. The van der Waals surface area contributed by atoms with Crippen molar-refractivity contribution in [3.63, 3.8) is 0 Å². The first-order valence-electron chi connectivity index (χ1n) is 2.41. The first kappa shape index (κ1) is 15.7. The molecule has 0 unspecified atom stereocenters. The van der Waals surface area contributed by atoms with Crippen LogP contribution in [-0.4, -0.2) is 9.52 Å². The van der Waals surface area contributed by atoms with Crippen LogP contribution in [0.5, 0.6) is 0 Å². The van der Waals surface area contributed by atoms with E-state index in [0.717, 1.165) is 0 Å². The number of halogens is 2. The van der Waals surface area contributed by atoms with Crippen LogP contribution < -0.4 is 0 Å². The Bertz CT molecular complexity index is 17.2. The van der Waals surface area contributed by atoms with E-state index in [2.05, 4.69) is 13.8 Å². The van der Waals surface area contributed by atoms with Gasteiger partial charge >= 0.3 is 0 Å². The topological polar surface area (TPSA) is 0 Å². The van der Waals surface area contributed by atoms with Crippen molar-refractivity contribution in [3.05, 3.63) is 0 Å². The van der Waals surface area contributed by atoms with Crippen LogP contribution in [0, 0.1) is 0 Å². The summed E-state index contributed by atoms with van der Waals surface area (Å²) in [6.07, 6.45) is 0. The third-order valence-electron chi connectivity index (χ3n) is 0.707. The minimum atomic E-state index is 0. The van der Waals surface area contributed by atoms with Crippen molar-refractivity contribution in [1.82, 2.24) is 0 Å². The molecule has 0 aliphatic heterocycles. The third kappa shape index (κ3) is 23.4. The summed E-state index contributed by atoms with van der Waals surface area (Å²) in [6, 6.07) is 2.97. The first-order valence-corrected chi connectivity index (χ1v) is 4.41. The highest BCUT2D eigenvalue weighted by Crippen LogP contribution is 1.77. The lowest BCUT2D eigenvalue weighted by Gasteiger charge is -1.77. The van der Waals surface area contributed by atoms with E-state index in [9.17, 15) is 0 Å². The van der Waals surface area contributed by atoms with Crippen LogP contribution in [0.1, 0.15) is 13.8 Å². The van der Waals surface area contributed by atoms with Crippen molar-refractivity contribution in [3.8, 4) is 0 Å². The molecule has 0 aliphatic rings. The fraction of sp³-hybridized carbons (Fsp3) is 1.00. The Balaban J connectivity index is -0.0000000800. The molecule has 0 aromatic rings. The Morgan fingerprint density at radius 1 is 1.00 bits per heavy atom. The molecule has 0 nitrogen and oxygen atoms in total. The van der Waals surface area contributed by atoms with Crippen LogP contribution in [0.4, 0.5) is 9.41 Å². The van der Waals surface area contributed by atoms with Gasteiger partial charge in [-0.15, -0.1) is 0 Å². The normalized spacial score (nSPS) is 6.00. The Labute approximate surface area is 45.9 Å². The zero-order chi connectivity index (χ0) is 4.12. The van der Waals surface area contributed by atoms with Gasteiger partial charge in [-0.3, -0.25) is 9.41 Å². The minimum Gasteiger partial charge on any atom is -0.269 e. The van der Waals surface area contributed by atoms with Gasteiger partial charge in [0.25, 0.3) is 0 Å². The second kappa shape index (κ2) is 16.5. The molecule has 0 aromatic carbocycles. The molecule has 0 bridgehead atoms. The first-order chi connectivity index (χ1) is 2.41. The summed E-state index contributed by atoms with van der Waals surface area (Å²) in [5.74, 6) is 0. The molecule has 48 valence electrons. The number of hydrogen-bond donors (Lipinski definition) is 0. The minimum absolute atomic E-state index is 0. The summed E-state index contributed by atoms with van der Waals surface area (Å²) in [6.45, 7) is 4.55. The highest BCUT2D eigenvalue weighted by Gasteiger charge is 1.70. The molecule has 0 saturated heterocycles. The van der Waals surface area contributed by atoms with Crippen LogP contribution >= 0.6 is 0 Å². The summed E-state index contributed by atoms with van der Waals surface area (Å²) in [4.78, 5) is 0. The van der Waals surface area contributed by atoms with Crippen molar-refractivity contribution in [2.24, 2.45) is 0 Å². The monoisotopic (exact) mass is 128 g/mol. The van der Waals surface area contributed by atoms with Crippen molar-refractivity contribution < 1.29 is 9.41 Å². The molecule has 0 aliphatic carbocycles. The molecule has 0 radical (unpaired) electrons. The molecule has 3 heteroatoms. The predicted octanol–water partition coefficient (Wildman–Crippen LogP) is 1.34. The zero-order valence-corrected chi connectivity index (χ0v) is 6.35. The van der Waals surface area contributed by atoms with E-state index in [0.29, 0.717) is 9.52 Å². The Hall–Kier alpha value is 0.0769. The summed E-state index contributed by atoms with van der Waals surface area (Å²) < 4.78 is 0. The lowest BCUT2D eigenvalue weighted by atomic mass is 11.0. The highest BCUT2D eigenvalue weighted by molar-refractivity contribution is 6.34. The van der Waals surface area contributed by atoms with Crippen molar-refractivity contribution in [2.45, 2.75) is 25.9 Å². The molecular formula is C4H14F2Si. The Morgan fingerprint density at radius 3 is 1.29 bits per heavy atom. The molecule has 0 aromatic heterocycles. The third-order valence-corrected chi connectivity index (χ3v) is 2.12. The van der Waals surface area contributed by atoms with Gasteiger partial charge < -0.3 is 0 Å². The van der Waals surface area contributed by atoms with E-state index in [-0.39, 0.29) is 9.41 Å². The summed E-state index contributed by atoms with van der Waals surface area (Å²) in [5, 5.41) is 0. The van der Waals surface area contributed by atoms with Gasteiger partial charge in [0.15, 0.2) is 0 Å². The van der Waals surface area contributed by atoms with E-state index < -0.39 is 0 Å². The number of rotatable bonds is 2. The average Bonchev–Trinajstić information content (AvgIpc) is 1.41. The van der Waals surface area contributed by atoms with Crippen LogP contribution in [0.3, 0.4) is 0 Å². The van der Waals surface area contributed by atoms with Gasteiger partial charge in [0.1, 0.15) is 0 Å². The lowest BCUT2D eigenvalue weighted by Crippen LogP contribution is -1.76. The summed E-state index contributed by atoms with van der Waals surface area (Å²) in [7, 11) is 0.432. The van der Waals surface area contributed by atoms with Crippen molar-refractivity contribution in [1.29, 1.82) is 0 Å². The second-order valence-corrected chi connectivity index (χ2v) is 4.06. The van der Waals surface area contributed by atoms with Crippen molar-refractivity contribution in [2.75, 3.05) is 0 Å². The lowest BCUT2D eigenvalue weighted by molar-refractivity contribution is 1.11. The van der Waals surface area contributed by atoms with Gasteiger partial charge in [-0.1, -0.05) is 25.9 Å². The maximum absolute atomic E-state index is 2.27. The fourth-order valence-electron chi connectivity index (χ4n) is 0.354. The molecule has 0 amide bonds. The molecule has 0 N–H and O–H groups in total. The average molecular weight is 128 g/mol. The molecule has 7 heavy (non-hydrogen) atoms. The van der Waals surface area contributed by atoms with E-state index >= 15 is 0 Å². The highest BCUT2D eigenvalue weighted by atomic mass is 28.2. The maximum atomic E-state index is 2.27. The van der Waals surface area contributed by atoms with Gasteiger partial charge in [0, 0.05) is 9.52 Å². The number of hydrogen-bond acceptors (Lipinski definition) is 0. The predicted molar refractivity (Wildman–Crippen MR) is 34.5 cm³/mol. The van der Waals surface area contributed by atoms with Gasteiger partial charge in [-0.25, -0.2) is 0 Å². The second-order valence-electron chi connectivity index (χ2n) is 1.35. The van der Waals surface area contributed by atoms with Crippen LogP contribution in [-0.2, 0) is 0 Å². The Morgan fingerprint density at radius 2 is 1.29 bits per heavy atom. The Kier molecular flexibility index (Phi) is 37.2. The van der Waals surface area contributed by atoms with E-state index in [1.54, 1.807) is 0 Å². The zero-order valence-electron chi connectivity index (χ0n) is 4.94. The molecule has 0 rings (SSSR count). The molecular weight excluding hydrogens is 114 g/mol. The standard InChI is InChI=1S/C4H12Si.2FH/c1-3-5-4-2;;/h3-5H2,1-2H3;2*1H. The SMILES string of the molecule is CC[SiH2]CC.F.F. The van der Waals surface area contributed by atoms with Gasteiger partial charge in [0.2, 0.25) is 0 Å². The largest absolute Gasteiger partial charge is 0.269 e. The van der Waals surface area contributed by atoms with E-state index in [1.165, 1.54) is 12.1 Å². The van der Waals surface area contributed by atoms with Gasteiger partial charge in [-0.2, -0.15) is 0 Å². The van der Waals surface area contributed by atoms with Crippen molar-refractivity contribution >= 4 is 9.52 Å². The van der Waals surface area contributed by atoms with Crippen LogP contribution in [0.2, 0.25) is 12.1 Å². The molecule has 0 atom stereocenters.